The summed E-state index contributed by atoms with van der Waals surface area (Å²) in [6.07, 6.45) is 0. The van der Waals surface area contributed by atoms with Crippen LogP contribution in [0.4, 0.5) is 0 Å². The molecule has 0 saturated carbocycles. The fourth-order valence-corrected chi connectivity index (χ4v) is 2.92. The highest BCUT2D eigenvalue weighted by Crippen LogP contribution is 2.42. The molecule has 0 radical (unpaired) electrons. The number of hydrogen-bond acceptors (Lipinski definition) is 2. The van der Waals surface area contributed by atoms with Crippen LogP contribution in [0.3, 0.4) is 0 Å². The van der Waals surface area contributed by atoms with E-state index < -0.39 is 0 Å². The molecule has 2 rings (SSSR count). The van der Waals surface area contributed by atoms with Crippen molar-refractivity contribution in [3.05, 3.63) is 40.1 Å². The molecule has 1 aliphatic rings. The first-order valence-corrected chi connectivity index (χ1v) is 5.38. The van der Waals surface area contributed by atoms with Crippen molar-refractivity contribution in [2.75, 3.05) is 0 Å². The Balaban J connectivity index is 2.67. The molecule has 2 atom stereocenters. The molecule has 0 aliphatic carbocycles. The molecular weight excluding hydrogens is 180 g/mol. The summed E-state index contributed by atoms with van der Waals surface area (Å²) in [7, 11) is 0. The summed E-state index contributed by atoms with van der Waals surface area (Å²) in [4.78, 5) is 12.5. The molecule has 0 unspecified atom stereocenters. The predicted octanol–water partition coefficient (Wildman–Crippen LogP) is 2.64. The lowest BCUT2D eigenvalue weighted by Crippen LogP contribution is -1.99. The Labute approximate surface area is 82.2 Å². The van der Waals surface area contributed by atoms with Crippen molar-refractivity contribution >= 4 is 11.8 Å². The van der Waals surface area contributed by atoms with Gasteiger partial charge in [0.05, 0.1) is 4.90 Å². The summed E-state index contributed by atoms with van der Waals surface area (Å²) < 4.78 is 0. The Bertz CT molecular complexity index is 386. The van der Waals surface area contributed by atoms with Crippen LogP contribution >= 0.6 is 11.8 Å². The van der Waals surface area contributed by atoms with Gasteiger partial charge >= 0.3 is 0 Å². The molecule has 13 heavy (non-hydrogen) atoms. The van der Waals surface area contributed by atoms with Gasteiger partial charge in [-0.25, -0.2) is 0 Å². The van der Waals surface area contributed by atoms with Crippen LogP contribution in [0.5, 0.6) is 0 Å². The number of fused-ring (bicyclic) bond motifs is 1. The summed E-state index contributed by atoms with van der Waals surface area (Å²) in [6.45, 7) is 4.36. The van der Waals surface area contributed by atoms with Gasteiger partial charge in [-0.15, -0.1) is 11.8 Å². The highest BCUT2D eigenvalue weighted by Gasteiger charge is 2.27. The van der Waals surface area contributed by atoms with Crippen molar-refractivity contribution in [2.45, 2.75) is 29.9 Å². The van der Waals surface area contributed by atoms with Crippen molar-refractivity contribution in [2.24, 2.45) is 0 Å². The molecule has 0 aromatic heterocycles. The van der Waals surface area contributed by atoms with Gasteiger partial charge in [0.15, 0.2) is 5.43 Å². The van der Waals surface area contributed by atoms with Gasteiger partial charge in [0, 0.05) is 5.25 Å². The lowest BCUT2D eigenvalue weighted by Gasteiger charge is -2.06. The third-order valence-electron chi connectivity index (χ3n) is 2.62. The van der Waals surface area contributed by atoms with Crippen molar-refractivity contribution in [1.29, 1.82) is 0 Å². The molecule has 1 aromatic rings. The zero-order valence-corrected chi connectivity index (χ0v) is 8.60. The van der Waals surface area contributed by atoms with Gasteiger partial charge in [0.1, 0.15) is 0 Å². The molecule has 0 spiro atoms. The summed E-state index contributed by atoms with van der Waals surface area (Å²) in [5, 5.41) is 0.532. The van der Waals surface area contributed by atoms with Crippen molar-refractivity contribution in [3.8, 4) is 0 Å². The van der Waals surface area contributed by atoms with Crippen LogP contribution < -0.4 is 5.43 Å². The first kappa shape index (κ1) is 8.82. The maximum atomic E-state index is 11.6. The topological polar surface area (TPSA) is 17.1 Å². The first-order valence-electron chi connectivity index (χ1n) is 4.50. The van der Waals surface area contributed by atoms with Crippen molar-refractivity contribution < 1.29 is 0 Å². The molecule has 0 fully saturated rings. The average molecular weight is 192 g/mol. The Kier molecular flexibility index (Phi) is 2.16. The second-order valence-corrected chi connectivity index (χ2v) is 4.87. The van der Waals surface area contributed by atoms with E-state index in [2.05, 4.69) is 19.9 Å². The van der Waals surface area contributed by atoms with E-state index in [4.69, 9.17) is 0 Å². The summed E-state index contributed by atoms with van der Waals surface area (Å²) in [6, 6.07) is 7.49. The second kappa shape index (κ2) is 3.18. The molecule has 0 N–H and O–H groups in total. The second-order valence-electron chi connectivity index (χ2n) is 3.48. The summed E-state index contributed by atoms with van der Waals surface area (Å²) in [5.74, 6) is 0.500. The van der Waals surface area contributed by atoms with Gasteiger partial charge in [0.2, 0.25) is 0 Å². The van der Waals surface area contributed by atoms with E-state index >= 15 is 0 Å². The Hall–Kier alpha value is -0.760. The zero-order valence-electron chi connectivity index (χ0n) is 7.78. The molecule has 1 aromatic carbocycles. The fraction of sp³-hybridized carbons (Fsp3) is 0.364. The van der Waals surface area contributed by atoms with Gasteiger partial charge < -0.3 is 0 Å². The van der Waals surface area contributed by atoms with E-state index in [-0.39, 0.29) is 5.43 Å². The van der Waals surface area contributed by atoms with E-state index in [0.717, 1.165) is 4.90 Å². The standard InChI is InChI=1S/C11H12OS/c1-7-8(2)13-11-9(7)5-3-4-6-10(11)12/h3-8H,1-2H3/t7-,8-/m0/s1. The molecule has 1 aliphatic heterocycles. The molecule has 0 amide bonds. The van der Waals surface area contributed by atoms with Crippen molar-refractivity contribution in [1.82, 2.24) is 0 Å². The van der Waals surface area contributed by atoms with E-state index in [1.807, 2.05) is 12.1 Å². The van der Waals surface area contributed by atoms with E-state index in [0.29, 0.717) is 11.2 Å². The van der Waals surface area contributed by atoms with Gasteiger partial charge in [-0.3, -0.25) is 4.79 Å². The van der Waals surface area contributed by atoms with Crippen LogP contribution in [-0.2, 0) is 0 Å². The van der Waals surface area contributed by atoms with Crippen LogP contribution in [0.2, 0.25) is 0 Å². The molecule has 1 nitrogen and oxygen atoms in total. The minimum Gasteiger partial charge on any atom is -0.289 e. The fourth-order valence-electron chi connectivity index (χ4n) is 1.62. The van der Waals surface area contributed by atoms with Crippen LogP contribution in [0.25, 0.3) is 0 Å². The van der Waals surface area contributed by atoms with Crippen LogP contribution in [-0.4, -0.2) is 5.25 Å². The van der Waals surface area contributed by atoms with E-state index in [1.54, 1.807) is 17.8 Å². The molecule has 1 heterocycles. The van der Waals surface area contributed by atoms with E-state index in [9.17, 15) is 4.79 Å². The van der Waals surface area contributed by atoms with Crippen LogP contribution in [0, 0.1) is 0 Å². The minimum absolute atomic E-state index is 0.168. The zero-order chi connectivity index (χ0) is 9.42. The van der Waals surface area contributed by atoms with Gasteiger partial charge in [-0.2, -0.15) is 0 Å². The highest BCUT2D eigenvalue weighted by atomic mass is 32.2. The number of thioether (sulfide) groups is 1. The lowest BCUT2D eigenvalue weighted by molar-refractivity contribution is 0.762. The Morgan fingerprint density at radius 2 is 1.92 bits per heavy atom. The van der Waals surface area contributed by atoms with Crippen LogP contribution in [0.15, 0.2) is 34.0 Å². The molecule has 2 heteroatoms. The number of rotatable bonds is 0. The number of hydrogen-bond donors (Lipinski definition) is 0. The van der Waals surface area contributed by atoms with Crippen molar-refractivity contribution in [3.63, 3.8) is 0 Å². The van der Waals surface area contributed by atoms with E-state index in [1.165, 1.54) is 5.56 Å². The van der Waals surface area contributed by atoms with Gasteiger partial charge in [-0.05, 0) is 17.5 Å². The molecular formula is C11H12OS. The Morgan fingerprint density at radius 1 is 1.23 bits per heavy atom. The highest BCUT2D eigenvalue weighted by molar-refractivity contribution is 8.00. The molecule has 0 bridgehead atoms. The lowest BCUT2D eigenvalue weighted by atomic mass is 10.0. The maximum Gasteiger partial charge on any atom is 0.192 e. The quantitative estimate of drug-likeness (QED) is 0.628. The normalized spacial score (nSPS) is 25.7. The third kappa shape index (κ3) is 1.39. The maximum absolute atomic E-state index is 11.6. The summed E-state index contributed by atoms with van der Waals surface area (Å²) in [5.41, 5.74) is 1.38. The largest absolute Gasteiger partial charge is 0.289 e. The average Bonchev–Trinajstić information content (AvgIpc) is 2.30. The molecule has 0 saturated heterocycles. The predicted molar refractivity (Wildman–Crippen MR) is 56.4 cm³/mol. The van der Waals surface area contributed by atoms with Gasteiger partial charge in [0.25, 0.3) is 0 Å². The van der Waals surface area contributed by atoms with Gasteiger partial charge in [-0.1, -0.05) is 32.0 Å². The molecule has 68 valence electrons. The Morgan fingerprint density at radius 3 is 2.69 bits per heavy atom. The monoisotopic (exact) mass is 192 g/mol. The minimum atomic E-state index is 0.168. The first-order chi connectivity index (χ1) is 6.20. The third-order valence-corrected chi connectivity index (χ3v) is 4.07. The smallest absolute Gasteiger partial charge is 0.192 e. The SMILES string of the molecule is C[C@@H]1Sc2c(ccccc2=O)[C@H]1C. The van der Waals surface area contributed by atoms with Crippen LogP contribution in [0.1, 0.15) is 25.3 Å². The summed E-state index contributed by atoms with van der Waals surface area (Å²) >= 11 is 1.71.